The molecule has 2 rings (SSSR count). The number of likely N-dealkylation sites (tertiary alicyclic amines) is 1. The van der Waals surface area contributed by atoms with Gasteiger partial charge in [-0.1, -0.05) is 19.8 Å². The maximum absolute atomic E-state index is 12.3. The van der Waals surface area contributed by atoms with Gasteiger partial charge < -0.3 is 10.6 Å². The van der Waals surface area contributed by atoms with Crippen molar-refractivity contribution in [3.63, 3.8) is 0 Å². The first-order chi connectivity index (χ1) is 8.72. The predicted octanol–water partition coefficient (Wildman–Crippen LogP) is 2.54. The van der Waals surface area contributed by atoms with Crippen molar-refractivity contribution in [3.8, 4) is 0 Å². The molecule has 104 valence electrons. The van der Waals surface area contributed by atoms with Crippen LogP contribution in [-0.2, 0) is 4.79 Å². The molecule has 1 aliphatic carbocycles. The number of hydrogen-bond donors (Lipinski definition) is 1. The van der Waals surface area contributed by atoms with Gasteiger partial charge in [-0.2, -0.15) is 0 Å². The molecule has 3 nitrogen and oxygen atoms in total. The topological polar surface area (TPSA) is 46.3 Å². The zero-order chi connectivity index (χ0) is 13.0. The molecule has 0 aromatic carbocycles. The second kappa shape index (κ2) is 6.55. The fraction of sp³-hybridized carbons (Fsp3) is 0.933. The highest BCUT2D eigenvalue weighted by Crippen LogP contribution is 2.35. The number of carbonyl (C=O) groups is 1. The summed E-state index contributed by atoms with van der Waals surface area (Å²) in [6.07, 6.45) is 9.51. The molecule has 0 bridgehead atoms. The molecule has 2 N–H and O–H groups in total. The van der Waals surface area contributed by atoms with Crippen molar-refractivity contribution >= 4 is 5.91 Å². The molecular weight excluding hydrogens is 224 g/mol. The molecule has 18 heavy (non-hydrogen) atoms. The minimum absolute atomic E-state index is 0.379. The van der Waals surface area contributed by atoms with Crippen LogP contribution < -0.4 is 5.73 Å². The third-order valence-corrected chi connectivity index (χ3v) is 4.82. The van der Waals surface area contributed by atoms with E-state index < -0.39 is 0 Å². The Labute approximate surface area is 111 Å². The first-order valence-corrected chi connectivity index (χ1v) is 7.72. The lowest BCUT2D eigenvalue weighted by molar-refractivity contribution is -0.133. The number of rotatable bonds is 5. The molecule has 0 aromatic heterocycles. The molecule has 1 amide bonds. The Morgan fingerprint density at radius 2 is 2.00 bits per heavy atom. The van der Waals surface area contributed by atoms with Crippen LogP contribution in [0.15, 0.2) is 0 Å². The van der Waals surface area contributed by atoms with E-state index in [0.29, 0.717) is 30.8 Å². The molecule has 2 atom stereocenters. The van der Waals surface area contributed by atoms with Gasteiger partial charge in [-0.05, 0) is 50.5 Å². The summed E-state index contributed by atoms with van der Waals surface area (Å²) >= 11 is 0. The van der Waals surface area contributed by atoms with E-state index in [2.05, 4.69) is 11.8 Å². The minimum Gasteiger partial charge on any atom is -0.339 e. The van der Waals surface area contributed by atoms with E-state index in [9.17, 15) is 4.79 Å². The van der Waals surface area contributed by atoms with Gasteiger partial charge in [0.25, 0.3) is 0 Å². The zero-order valence-corrected chi connectivity index (χ0v) is 11.7. The SMILES string of the molecule is CC(CN)CCC(=O)N1CCCC1C1CCCC1. The first kappa shape index (κ1) is 13.9. The summed E-state index contributed by atoms with van der Waals surface area (Å²) in [6.45, 7) is 3.82. The summed E-state index contributed by atoms with van der Waals surface area (Å²) < 4.78 is 0. The second-order valence-corrected chi connectivity index (χ2v) is 6.22. The van der Waals surface area contributed by atoms with Crippen LogP contribution >= 0.6 is 0 Å². The van der Waals surface area contributed by atoms with Crippen molar-refractivity contribution in [1.29, 1.82) is 0 Å². The standard InChI is InChI=1S/C15H28N2O/c1-12(11-16)8-9-15(18)17-10-4-7-14(17)13-5-2-3-6-13/h12-14H,2-11,16H2,1H3. The van der Waals surface area contributed by atoms with Crippen molar-refractivity contribution in [1.82, 2.24) is 4.90 Å². The maximum Gasteiger partial charge on any atom is 0.222 e. The molecule has 2 fully saturated rings. The molecule has 0 aromatic rings. The summed E-state index contributed by atoms with van der Waals surface area (Å²) in [7, 11) is 0. The van der Waals surface area contributed by atoms with Crippen LogP contribution in [0.2, 0.25) is 0 Å². The number of nitrogens with zero attached hydrogens (tertiary/aromatic N) is 1. The largest absolute Gasteiger partial charge is 0.339 e. The average molecular weight is 252 g/mol. The minimum atomic E-state index is 0.379. The number of nitrogens with two attached hydrogens (primary N) is 1. The van der Waals surface area contributed by atoms with Gasteiger partial charge in [-0.3, -0.25) is 4.79 Å². The molecule has 1 heterocycles. The summed E-state index contributed by atoms with van der Waals surface area (Å²) in [5.74, 6) is 1.65. The van der Waals surface area contributed by atoms with E-state index in [1.807, 2.05) is 0 Å². The maximum atomic E-state index is 12.3. The average Bonchev–Trinajstić information content (AvgIpc) is 3.04. The molecule has 1 saturated carbocycles. The monoisotopic (exact) mass is 252 g/mol. The van der Waals surface area contributed by atoms with Gasteiger partial charge in [0.05, 0.1) is 0 Å². The van der Waals surface area contributed by atoms with Crippen LogP contribution in [0, 0.1) is 11.8 Å². The number of hydrogen-bond acceptors (Lipinski definition) is 2. The molecule has 0 radical (unpaired) electrons. The quantitative estimate of drug-likeness (QED) is 0.817. The third-order valence-electron chi connectivity index (χ3n) is 4.82. The normalized spacial score (nSPS) is 26.8. The molecular formula is C15H28N2O. The van der Waals surface area contributed by atoms with E-state index in [4.69, 9.17) is 5.73 Å². The van der Waals surface area contributed by atoms with Crippen LogP contribution in [0.25, 0.3) is 0 Å². The van der Waals surface area contributed by atoms with E-state index in [-0.39, 0.29) is 0 Å². The Balaban J connectivity index is 1.84. The van der Waals surface area contributed by atoms with E-state index in [1.165, 1.54) is 38.5 Å². The van der Waals surface area contributed by atoms with Gasteiger partial charge in [-0.25, -0.2) is 0 Å². The summed E-state index contributed by atoms with van der Waals surface area (Å²) in [4.78, 5) is 14.5. The third kappa shape index (κ3) is 3.25. The van der Waals surface area contributed by atoms with Gasteiger partial charge in [0, 0.05) is 19.0 Å². The molecule has 2 unspecified atom stereocenters. The summed E-state index contributed by atoms with van der Waals surface area (Å²) in [5.41, 5.74) is 5.61. The Bertz CT molecular complexity index is 274. The molecule has 0 spiro atoms. The van der Waals surface area contributed by atoms with Gasteiger partial charge in [-0.15, -0.1) is 0 Å². The second-order valence-electron chi connectivity index (χ2n) is 6.22. The Hall–Kier alpha value is -0.570. The van der Waals surface area contributed by atoms with Crippen molar-refractivity contribution in [3.05, 3.63) is 0 Å². The van der Waals surface area contributed by atoms with Crippen LogP contribution in [-0.4, -0.2) is 29.9 Å². The molecule has 3 heteroatoms. The smallest absolute Gasteiger partial charge is 0.222 e. The van der Waals surface area contributed by atoms with Crippen molar-refractivity contribution in [2.75, 3.05) is 13.1 Å². The highest BCUT2D eigenvalue weighted by atomic mass is 16.2. The van der Waals surface area contributed by atoms with E-state index in [1.54, 1.807) is 0 Å². The van der Waals surface area contributed by atoms with E-state index in [0.717, 1.165) is 18.9 Å². The highest BCUT2D eigenvalue weighted by molar-refractivity contribution is 5.76. The lowest BCUT2D eigenvalue weighted by Crippen LogP contribution is -2.39. The lowest BCUT2D eigenvalue weighted by Gasteiger charge is -2.29. The van der Waals surface area contributed by atoms with Gasteiger partial charge >= 0.3 is 0 Å². The predicted molar refractivity (Wildman–Crippen MR) is 74.1 cm³/mol. The molecule has 1 aliphatic heterocycles. The lowest BCUT2D eigenvalue weighted by atomic mass is 9.95. The zero-order valence-electron chi connectivity index (χ0n) is 11.7. The Morgan fingerprint density at radius 3 is 2.67 bits per heavy atom. The van der Waals surface area contributed by atoms with Crippen molar-refractivity contribution in [2.45, 2.75) is 64.3 Å². The fourth-order valence-electron chi connectivity index (χ4n) is 3.57. The number of carbonyl (C=O) groups excluding carboxylic acids is 1. The van der Waals surface area contributed by atoms with Gasteiger partial charge in [0.1, 0.15) is 0 Å². The van der Waals surface area contributed by atoms with Gasteiger partial charge in [0.15, 0.2) is 0 Å². The number of amides is 1. The van der Waals surface area contributed by atoms with Crippen LogP contribution in [0.1, 0.15) is 58.3 Å². The molecule has 2 aliphatic rings. The Kier molecular flexibility index (Phi) is 5.04. The van der Waals surface area contributed by atoms with Gasteiger partial charge in [0.2, 0.25) is 5.91 Å². The van der Waals surface area contributed by atoms with E-state index >= 15 is 0 Å². The summed E-state index contributed by atoms with van der Waals surface area (Å²) in [5, 5.41) is 0. The van der Waals surface area contributed by atoms with Crippen LogP contribution in [0.3, 0.4) is 0 Å². The van der Waals surface area contributed by atoms with Crippen molar-refractivity contribution in [2.24, 2.45) is 17.6 Å². The fourth-order valence-corrected chi connectivity index (χ4v) is 3.57. The summed E-state index contributed by atoms with van der Waals surface area (Å²) in [6, 6.07) is 0.563. The molecule has 1 saturated heterocycles. The van der Waals surface area contributed by atoms with Crippen LogP contribution in [0.4, 0.5) is 0 Å². The van der Waals surface area contributed by atoms with Crippen molar-refractivity contribution < 1.29 is 4.79 Å². The Morgan fingerprint density at radius 1 is 1.28 bits per heavy atom. The first-order valence-electron chi connectivity index (χ1n) is 7.72. The van der Waals surface area contributed by atoms with Crippen LogP contribution in [0.5, 0.6) is 0 Å². The highest BCUT2D eigenvalue weighted by Gasteiger charge is 2.35.